The van der Waals surface area contributed by atoms with Gasteiger partial charge in [-0.25, -0.2) is 8.78 Å². The zero-order valence-electron chi connectivity index (χ0n) is 23.4. The van der Waals surface area contributed by atoms with Gasteiger partial charge in [-0.05, 0) is 56.7 Å². The second kappa shape index (κ2) is 12.5. The molecule has 0 bridgehead atoms. The SMILES string of the molecule is CC/C=C/C(=N/C=C(\C)N1CCC(C2CCC2)C1)c1cc2c(NC(C)c3ccccc3F)c(Cl)cnc2cc1F. The Bertz CT molecular complexity index is 1460. The van der Waals surface area contributed by atoms with Crippen LogP contribution < -0.4 is 5.32 Å². The summed E-state index contributed by atoms with van der Waals surface area (Å²) < 4.78 is 30.0. The molecule has 3 aromatic rings. The molecule has 0 spiro atoms. The summed E-state index contributed by atoms with van der Waals surface area (Å²) in [5.41, 5.74) is 3.54. The molecular formula is C33H37ClF2N4. The molecule has 0 radical (unpaired) electrons. The van der Waals surface area contributed by atoms with Crippen LogP contribution in [0.4, 0.5) is 14.5 Å². The predicted octanol–water partition coefficient (Wildman–Crippen LogP) is 9.08. The fraction of sp³-hybridized carbons (Fsp3) is 0.394. The van der Waals surface area contributed by atoms with Crippen LogP contribution in [0.1, 0.15) is 70.0 Å². The van der Waals surface area contributed by atoms with Crippen molar-refractivity contribution in [1.82, 2.24) is 9.88 Å². The van der Waals surface area contributed by atoms with E-state index in [1.54, 1.807) is 24.3 Å². The average molecular weight is 563 g/mol. The number of fused-ring (bicyclic) bond motifs is 1. The van der Waals surface area contributed by atoms with Crippen LogP contribution in [0.25, 0.3) is 10.9 Å². The molecule has 2 unspecified atom stereocenters. The first-order valence-corrected chi connectivity index (χ1v) is 14.7. The van der Waals surface area contributed by atoms with Gasteiger partial charge in [0, 0.05) is 53.8 Å². The first-order chi connectivity index (χ1) is 19.4. The van der Waals surface area contributed by atoms with Gasteiger partial charge in [-0.1, -0.05) is 62.1 Å². The Balaban J connectivity index is 1.49. The number of hydrogen-bond donors (Lipinski definition) is 1. The van der Waals surface area contributed by atoms with Crippen LogP contribution in [0.15, 0.2) is 71.6 Å². The van der Waals surface area contributed by atoms with E-state index >= 15 is 4.39 Å². The summed E-state index contributed by atoms with van der Waals surface area (Å²) in [6.45, 7) is 8.10. The van der Waals surface area contributed by atoms with Crippen LogP contribution in [0.2, 0.25) is 5.02 Å². The molecule has 4 nitrogen and oxygen atoms in total. The average Bonchev–Trinajstić information content (AvgIpc) is 3.39. The number of benzene rings is 2. The molecule has 2 aliphatic rings. The normalized spacial score (nSPS) is 19.4. The van der Waals surface area contributed by atoms with Crippen molar-refractivity contribution in [2.75, 3.05) is 18.4 Å². The molecule has 2 atom stereocenters. The summed E-state index contributed by atoms with van der Waals surface area (Å²) in [7, 11) is 0. The summed E-state index contributed by atoms with van der Waals surface area (Å²) in [6, 6.07) is 9.40. The number of aliphatic imine (C=N–C) groups is 1. The van der Waals surface area contributed by atoms with E-state index in [9.17, 15) is 4.39 Å². The Morgan fingerprint density at radius 3 is 2.70 bits per heavy atom. The summed E-state index contributed by atoms with van der Waals surface area (Å²) in [4.78, 5) is 11.5. The highest BCUT2D eigenvalue weighted by Crippen LogP contribution is 2.39. The second-order valence-corrected chi connectivity index (χ2v) is 11.4. The maximum absolute atomic E-state index is 15.5. The Labute approximate surface area is 240 Å². The van der Waals surface area contributed by atoms with E-state index < -0.39 is 5.82 Å². The summed E-state index contributed by atoms with van der Waals surface area (Å²) in [6.07, 6.45) is 13.3. The third kappa shape index (κ3) is 6.07. The van der Waals surface area contributed by atoms with E-state index in [0.717, 1.165) is 37.0 Å². The number of anilines is 1. The summed E-state index contributed by atoms with van der Waals surface area (Å²) in [5.74, 6) is 0.933. The van der Waals surface area contributed by atoms with E-state index in [0.29, 0.717) is 38.5 Å². The van der Waals surface area contributed by atoms with E-state index in [-0.39, 0.29) is 11.9 Å². The molecule has 40 heavy (non-hydrogen) atoms. The molecule has 1 aliphatic carbocycles. The minimum atomic E-state index is -0.410. The van der Waals surface area contributed by atoms with Crippen LogP contribution in [-0.2, 0) is 0 Å². The largest absolute Gasteiger partial charge is 0.377 e. The lowest BCUT2D eigenvalue weighted by Gasteiger charge is -2.31. The Hall–Kier alpha value is -3.25. The van der Waals surface area contributed by atoms with Crippen LogP contribution in [0.3, 0.4) is 0 Å². The van der Waals surface area contributed by atoms with Gasteiger partial charge in [-0.2, -0.15) is 0 Å². The molecule has 2 fully saturated rings. The Morgan fingerprint density at radius 1 is 1.18 bits per heavy atom. The van der Waals surface area contributed by atoms with Crippen LogP contribution in [0.5, 0.6) is 0 Å². The predicted molar refractivity (Wildman–Crippen MR) is 162 cm³/mol. The monoisotopic (exact) mass is 562 g/mol. The highest BCUT2D eigenvalue weighted by Gasteiger charge is 2.32. The van der Waals surface area contributed by atoms with Gasteiger partial charge in [0.15, 0.2) is 0 Å². The number of rotatable bonds is 9. The van der Waals surface area contributed by atoms with Crippen molar-refractivity contribution < 1.29 is 8.78 Å². The topological polar surface area (TPSA) is 40.5 Å². The first-order valence-electron chi connectivity index (χ1n) is 14.3. The van der Waals surface area contributed by atoms with Crippen molar-refractivity contribution in [2.45, 2.75) is 58.9 Å². The fourth-order valence-electron chi connectivity index (χ4n) is 5.73. The van der Waals surface area contributed by atoms with Crippen molar-refractivity contribution in [3.63, 3.8) is 0 Å². The minimum absolute atomic E-state index is 0.304. The molecule has 1 aromatic heterocycles. The van der Waals surface area contributed by atoms with Crippen molar-refractivity contribution in [3.8, 4) is 0 Å². The zero-order valence-corrected chi connectivity index (χ0v) is 24.2. The second-order valence-electron chi connectivity index (χ2n) is 11.0. The molecule has 2 heterocycles. The van der Waals surface area contributed by atoms with Crippen molar-refractivity contribution in [3.05, 3.63) is 94.4 Å². The van der Waals surface area contributed by atoms with Gasteiger partial charge >= 0.3 is 0 Å². The van der Waals surface area contributed by atoms with Gasteiger partial charge in [-0.3, -0.25) is 9.98 Å². The molecule has 1 N–H and O–H groups in total. The molecule has 5 rings (SSSR count). The molecular weight excluding hydrogens is 526 g/mol. The third-order valence-corrected chi connectivity index (χ3v) is 8.65. The third-order valence-electron chi connectivity index (χ3n) is 8.36. The van der Waals surface area contributed by atoms with E-state index in [1.807, 2.05) is 32.2 Å². The van der Waals surface area contributed by atoms with Crippen LogP contribution >= 0.6 is 11.6 Å². The lowest BCUT2D eigenvalue weighted by atomic mass is 9.75. The highest BCUT2D eigenvalue weighted by atomic mass is 35.5. The maximum Gasteiger partial charge on any atom is 0.134 e. The molecule has 2 aromatic carbocycles. The van der Waals surface area contributed by atoms with Crippen LogP contribution in [-0.4, -0.2) is 28.7 Å². The first kappa shape index (κ1) is 28.3. The summed E-state index contributed by atoms with van der Waals surface area (Å²) in [5, 5.41) is 4.36. The Morgan fingerprint density at radius 2 is 1.98 bits per heavy atom. The fourth-order valence-corrected chi connectivity index (χ4v) is 5.94. The van der Waals surface area contributed by atoms with Gasteiger partial charge in [0.25, 0.3) is 0 Å². The zero-order chi connectivity index (χ0) is 28.2. The van der Waals surface area contributed by atoms with Crippen molar-refractivity contribution in [2.24, 2.45) is 16.8 Å². The lowest BCUT2D eigenvalue weighted by molar-refractivity contribution is 0.209. The van der Waals surface area contributed by atoms with Crippen LogP contribution in [0, 0.1) is 23.5 Å². The van der Waals surface area contributed by atoms with E-state index in [2.05, 4.69) is 22.1 Å². The number of nitrogens with zero attached hydrogens (tertiary/aromatic N) is 3. The lowest BCUT2D eigenvalue weighted by Crippen LogP contribution is -2.25. The highest BCUT2D eigenvalue weighted by molar-refractivity contribution is 6.34. The number of allylic oxidation sites excluding steroid dienone is 3. The molecule has 1 aliphatic heterocycles. The van der Waals surface area contributed by atoms with E-state index in [4.69, 9.17) is 16.6 Å². The molecule has 210 valence electrons. The van der Waals surface area contributed by atoms with Crippen molar-refractivity contribution in [1.29, 1.82) is 0 Å². The molecule has 1 saturated carbocycles. The van der Waals surface area contributed by atoms with Gasteiger partial charge in [0.05, 0.1) is 28.0 Å². The van der Waals surface area contributed by atoms with Gasteiger partial charge in [0.2, 0.25) is 0 Å². The number of halogens is 3. The van der Waals surface area contributed by atoms with Gasteiger partial charge in [-0.15, -0.1) is 0 Å². The number of aromatic nitrogens is 1. The number of hydrogen-bond acceptors (Lipinski definition) is 4. The number of nitrogens with one attached hydrogen (secondary N) is 1. The smallest absolute Gasteiger partial charge is 0.134 e. The molecule has 7 heteroatoms. The summed E-state index contributed by atoms with van der Waals surface area (Å²) >= 11 is 6.58. The van der Waals surface area contributed by atoms with Gasteiger partial charge < -0.3 is 10.2 Å². The minimum Gasteiger partial charge on any atom is -0.377 e. The molecule has 1 saturated heterocycles. The van der Waals surface area contributed by atoms with Gasteiger partial charge in [0.1, 0.15) is 11.6 Å². The maximum atomic E-state index is 15.5. The number of pyridine rings is 1. The van der Waals surface area contributed by atoms with Crippen molar-refractivity contribution >= 4 is 33.9 Å². The standard InChI is InChI=1S/C33H37ClF2N4/c1-4-5-13-31(37-18-21(2)40-15-14-24(20-40)23-9-8-10-23)26-16-27-32(17-30(26)36)38-19-28(34)33(27)39-22(3)25-11-6-7-12-29(25)35/h5-7,11-13,16-19,22-24H,4,8-10,14-15,20H2,1-3H3,(H,38,39)/b13-5+,21-18+,37-31-. The quantitative estimate of drug-likeness (QED) is 0.264. The van der Waals surface area contributed by atoms with E-state index in [1.165, 1.54) is 44.0 Å². The number of likely N-dealkylation sites (tertiary alicyclic amines) is 1. The Kier molecular flexibility index (Phi) is 8.84. The molecule has 0 amide bonds.